The van der Waals surface area contributed by atoms with E-state index in [0.29, 0.717) is 6.42 Å². The number of carbonyl (C=O) groups excluding carboxylic acids is 2. The molecule has 0 aromatic heterocycles. The van der Waals surface area contributed by atoms with Gasteiger partial charge in [-0.3, -0.25) is 4.79 Å². The summed E-state index contributed by atoms with van der Waals surface area (Å²) in [7, 11) is 0. The summed E-state index contributed by atoms with van der Waals surface area (Å²) in [5, 5.41) is 9.39. The number of nitrogens with two attached hydrogens (primary N) is 1. The van der Waals surface area contributed by atoms with Crippen molar-refractivity contribution in [1.82, 2.24) is 0 Å². The second-order valence-corrected chi connectivity index (χ2v) is 5.73. The van der Waals surface area contributed by atoms with E-state index in [1.54, 1.807) is 45.0 Å². The first-order valence-corrected chi connectivity index (χ1v) is 6.64. The molecule has 1 aromatic rings. The first-order valence-electron chi connectivity index (χ1n) is 6.64. The molecule has 0 fully saturated rings. The SMILES string of the molecule is CC(C)(C)OC(=O)[C@H](CCc1cccc(O)c1)C(=O)ON. The molecule has 0 aliphatic carbocycles. The Hall–Kier alpha value is -2.08. The largest absolute Gasteiger partial charge is 0.508 e. The van der Waals surface area contributed by atoms with Gasteiger partial charge in [0.1, 0.15) is 11.4 Å². The van der Waals surface area contributed by atoms with Gasteiger partial charge in [-0.15, -0.1) is 0 Å². The average Bonchev–Trinajstić information content (AvgIpc) is 2.36. The number of phenols is 1. The van der Waals surface area contributed by atoms with E-state index in [-0.39, 0.29) is 12.2 Å². The number of carbonyl (C=O) groups is 2. The van der Waals surface area contributed by atoms with Crippen molar-refractivity contribution >= 4 is 11.9 Å². The van der Waals surface area contributed by atoms with Crippen LogP contribution in [0.25, 0.3) is 0 Å². The zero-order valence-corrected chi connectivity index (χ0v) is 12.5. The molecule has 0 spiro atoms. The van der Waals surface area contributed by atoms with Gasteiger partial charge >= 0.3 is 11.9 Å². The highest BCUT2D eigenvalue weighted by Gasteiger charge is 2.32. The number of aryl methyl sites for hydroxylation is 1. The van der Waals surface area contributed by atoms with E-state index in [9.17, 15) is 14.7 Å². The van der Waals surface area contributed by atoms with Gasteiger partial charge in [-0.2, -0.15) is 5.90 Å². The second kappa shape index (κ2) is 7.08. The molecule has 0 heterocycles. The van der Waals surface area contributed by atoms with Crippen LogP contribution in [0, 0.1) is 5.92 Å². The molecule has 21 heavy (non-hydrogen) atoms. The number of hydrogen-bond acceptors (Lipinski definition) is 6. The van der Waals surface area contributed by atoms with Gasteiger partial charge < -0.3 is 14.7 Å². The van der Waals surface area contributed by atoms with Crippen molar-refractivity contribution in [2.75, 3.05) is 0 Å². The third-order valence-corrected chi connectivity index (χ3v) is 2.72. The van der Waals surface area contributed by atoms with Crippen molar-refractivity contribution in [2.24, 2.45) is 11.8 Å². The molecule has 6 heteroatoms. The van der Waals surface area contributed by atoms with Crippen LogP contribution in [0.1, 0.15) is 32.8 Å². The standard InChI is InChI=1S/C15H21NO5/c1-15(2,3)20-13(18)12(14(19)21-16)8-7-10-5-4-6-11(17)9-10/h4-6,9,12,17H,7-8,16H2,1-3H3/t12-/m0/s1. The van der Waals surface area contributed by atoms with Crippen LogP contribution >= 0.6 is 0 Å². The van der Waals surface area contributed by atoms with Crippen LogP contribution in [0.4, 0.5) is 0 Å². The molecule has 0 aliphatic heterocycles. The molecule has 0 aliphatic rings. The van der Waals surface area contributed by atoms with Gasteiger partial charge in [-0.05, 0) is 51.3 Å². The maximum absolute atomic E-state index is 12.0. The Morgan fingerprint density at radius 1 is 1.29 bits per heavy atom. The Kier molecular flexibility index (Phi) is 5.72. The summed E-state index contributed by atoms with van der Waals surface area (Å²) in [6, 6.07) is 6.59. The highest BCUT2D eigenvalue weighted by atomic mass is 16.7. The zero-order valence-electron chi connectivity index (χ0n) is 12.5. The molecule has 6 nitrogen and oxygen atoms in total. The van der Waals surface area contributed by atoms with Crippen LogP contribution < -0.4 is 5.90 Å². The third kappa shape index (κ3) is 5.83. The third-order valence-electron chi connectivity index (χ3n) is 2.72. The molecular formula is C15H21NO5. The summed E-state index contributed by atoms with van der Waals surface area (Å²) in [5.41, 5.74) is 0.100. The van der Waals surface area contributed by atoms with E-state index in [4.69, 9.17) is 10.6 Å². The topological polar surface area (TPSA) is 98.8 Å². The molecule has 0 unspecified atom stereocenters. The molecule has 116 valence electrons. The fraction of sp³-hybridized carbons (Fsp3) is 0.467. The lowest BCUT2D eigenvalue weighted by Crippen LogP contribution is -2.35. The molecule has 1 aromatic carbocycles. The van der Waals surface area contributed by atoms with Gasteiger partial charge in [0.15, 0.2) is 5.92 Å². The lowest BCUT2D eigenvalue weighted by molar-refractivity contribution is -0.169. The van der Waals surface area contributed by atoms with Crippen LogP contribution in [-0.4, -0.2) is 22.6 Å². The minimum Gasteiger partial charge on any atom is -0.508 e. The average molecular weight is 295 g/mol. The smallest absolute Gasteiger partial charge is 0.338 e. The van der Waals surface area contributed by atoms with Gasteiger partial charge in [0, 0.05) is 0 Å². The van der Waals surface area contributed by atoms with Gasteiger partial charge in [0.05, 0.1) is 0 Å². The van der Waals surface area contributed by atoms with E-state index in [0.717, 1.165) is 5.56 Å². The van der Waals surface area contributed by atoms with Crippen molar-refractivity contribution in [2.45, 2.75) is 39.2 Å². The number of benzene rings is 1. The van der Waals surface area contributed by atoms with E-state index >= 15 is 0 Å². The van der Waals surface area contributed by atoms with Gasteiger partial charge in [0.2, 0.25) is 0 Å². The normalized spacial score (nSPS) is 12.6. The molecule has 0 amide bonds. The highest BCUT2D eigenvalue weighted by Crippen LogP contribution is 2.19. The molecule has 0 bridgehead atoms. The first kappa shape index (κ1) is 17.0. The minimum absolute atomic E-state index is 0.128. The van der Waals surface area contributed by atoms with Crippen molar-refractivity contribution in [1.29, 1.82) is 0 Å². The van der Waals surface area contributed by atoms with Crippen LogP contribution in [-0.2, 0) is 25.6 Å². The summed E-state index contributed by atoms with van der Waals surface area (Å²) < 4.78 is 5.19. The lowest BCUT2D eigenvalue weighted by atomic mass is 9.99. The zero-order chi connectivity index (χ0) is 16.0. The number of esters is 1. The lowest BCUT2D eigenvalue weighted by Gasteiger charge is -2.22. The Morgan fingerprint density at radius 3 is 2.48 bits per heavy atom. The molecule has 1 atom stereocenters. The molecule has 3 N–H and O–H groups in total. The number of rotatable bonds is 5. The van der Waals surface area contributed by atoms with Crippen molar-refractivity contribution in [3.63, 3.8) is 0 Å². The summed E-state index contributed by atoms with van der Waals surface area (Å²) in [6.07, 6.45) is 0.599. The quantitative estimate of drug-likeness (QED) is 0.487. The molecule has 1 rings (SSSR count). The first-order chi connectivity index (χ1) is 9.73. The summed E-state index contributed by atoms with van der Waals surface area (Å²) in [6.45, 7) is 5.14. The van der Waals surface area contributed by atoms with Crippen LogP contribution in [0.2, 0.25) is 0 Å². The summed E-state index contributed by atoms with van der Waals surface area (Å²) in [4.78, 5) is 27.8. The predicted molar refractivity (Wildman–Crippen MR) is 76.0 cm³/mol. The van der Waals surface area contributed by atoms with Gasteiger partial charge in [-0.25, -0.2) is 4.79 Å². The maximum atomic E-state index is 12.0. The van der Waals surface area contributed by atoms with Crippen LogP contribution in [0.3, 0.4) is 0 Å². The number of phenolic OH excluding ortho intramolecular Hbond substituents is 1. The van der Waals surface area contributed by atoms with E-state index in [2.05, 4.69) is 4.84 Å². The monoisotopic (exact) mass is 295 g/mol. The number of ether oxygens (including phenoxy) is 1. The molecule has 0 saturated heterocycles. The Morgan fingerprint density at radius 2 is 1.95 bits per heavy atom. The van der Waals surface area contributed by atoms with Gasteiger partial charge in [-0.1, -0.05) is 12.1 Å². The minimum atomic E-state index is -1.09. The fourth-order valence-corrected chi connectivity index (χ4v) is 1.81. The van der Waals surface area contributed by atoms with Crippen LogP contribution in [0.15, 0.2) is 24.3 Å². The summed E-state index contributed by atoms with van der Waals surface area (Å²) >= 11 is 0. The van der Waals surface area contributed by atoms with E-state index in [1.807, 2.05) is 0 Å². The number of hydrogen-bond donors (Lipinski definition) is 2. The predicted octanol–water partition coefficient (Wildman–Crippen LogP) is 1.70. The Labute approximate surface area is 123 Å². The van der Waals surface area contributed by atoms with Crippen molar-refractivity contribution < 1.29 is 24.3 Å². The summed E-state index contributed by atoms with van der Waals surface area (Å²) in [5.74, 6) is 2.41. The maximum Gasteiger partial charge on any atom is 0.338 e. The van der Waals surface area contributed by atoms with Crippen molar-refractivity contribution in [3.8, 4) is 5.75 Å². The van der Waals surface area contributed by atoms with Gasteiger partial charge in [0.25, 0.3) is 0 Å². The Balaban J connectivity index is 2.75. The van der Waals surface area contributed by atoms with E-state index in [1.165, 1.54) is 0 Å². The second-order valence-electron chi connectivity index (χ2n) is 5.73. The van der Waals surface area contributed by atoms with Crippen molar-refractivity contribution in [3.05, 3.63) is 29.8 Å². The number of aromatic hydroxyl groups is 1. The van der Waals surface area contributed by atoms with Crippen LogP contribution in [0.5, 0.6) is 5.75 Å². The highest BCUT2D eigenvalue weighted by molar-refractivity contribution is 5.94. The Bertz CT molecular complexity index is 507. The molecule has 0 radical (unpaired) electrons. The van der Waals surface area contributed by atoms with E-state index < -0.39 is 23.5 Å². The fourth-order valence-electron chi connectivity index (χ4n) is 1.81. The molecule has 0 saturated carbocycles. The molecular weight excluding hydrogens is 274 g/mol.